The number of aromatic nitrogens is 1. The molecule has 1 unspecified atom stereocenters. The highest BCUT2D eigenvalue weighted by molar-refractivity contribution is 6.74. The molecular weight excluding hydrogens is 513 g/mol. The molecule has 0 N–H and O–H groups in total. The predicted octanol–water partition coefficient (Wildman–Crippen LogP) is 7.23. The molecule has 0 radical (unpaired) electrons. The Morgan fingerprint density at radius 3 is 2.13 bits per heavy atom. The molecule has 1 heterocycles. The Bertz CT molecular complexity index is 1360. The van der Waals surface area contributed by atoms with Gasteiger partial charge >= 0.3 is 0 Å². The minimum atomic E-state index is -2.21. The molecule has 6 nitrogen and oxygen atoms in total. The molecule has 2 aromatic carbocycles. The van der Waals surface area contributed by atoms with Gasteiger partial charge in [-0.3, -0.25) is 9.59 Å². The lowest BCUT2D eigenvalue weighted by molar-refractivity contribution is 0.0790. The zero-order valence-electron chi connectivity index (χ0n) is 24.3. The van der Waals surface area contributed by atoms with E-state index in [4.69, 9.17) is 13.9 Å². The van der Waals surface area contributed by atoms with Crippen molar-refractivity contribution >= 4 is 19.9 Å². The normalized spacial score (nSPS) is 12.7. The smallest absolute Gasteiger partial charge is 0.224 e. The molecule has 8 heteroatoms. The van der Waals surface area contributed by atoms with Crippen LogP contribution in [0.4, 0.5) is 4.39 Å². The Balaban J connectivity index is 1.85. The van der Waals surface area contributed by atoms with Crippen molar-refractivity contribution in [2.45, 2.75) is 65.3 Å². The standard InChI is InChI=1S/C31H38FNO5Si/c1-19-10-11-21(15-28(34)22-16-23(36-6)18-24(17-22)37-7)14-26(19)27-13-12-25(30(32)33-27)29(35)20(2)38-39(8,9)31(3,4)5/h10-14,16-18,20H,15H2,1-9H3. The third kappa shape index (κ3) is 6.99. The van der Waals surface area contributed by atoms with Crippen LogP contribution in [0.1, 0.15) is 59.5 Å². The first-order chi connectivity index (χ1) is 18.2. The lowest BCUT2D eigenvalue weighted by Gasteiger charge is -2.38. The van der Waals surface area contributed by atoms with Crippen molar-refractivity contribution in [1.29, 1.82) is 0 Å². The summed E-state index contributed by atoms with van der Waals surface area (Å²) in [5.74, 6) is -0.326. The fraction of sp³-hybridized carbons (Fsp3) is 0.387. The van der Waals surface area contributed by atoms with E-state index in [-0.39, 0.29) is 22.8 Å². The van der Waals surface area contributed by atoms with Gasteiger partial charge in [0.1, 0.15) is 17.6 Å². The summed E-state index contributed by atoms with van der Waals surface area (Å²) in [5.41, 5.74) is 3.06. The van der Waals surface area contributed by atoms with Crippen molar-refractivity contribution in [3.8, 4) is 22.8 Å². The van der Waals surface area contributed by atoms with Gasteiger partial charge in [0.25, 0.3) is 0 Å². The first-order valence-corrected chi connectivity index (χ1v) is 15.8. The average molecular weight is 552 g/mol. The Morgan fingerprint density at radius 2 is 1.59 bits per heavy atom. The van der Waals surface area contributed by atoms with Crippen molar-refractivity contribution in [2.75, 3.05) is 14.2 Å². The number of Topliss-reactive ketones (excluding diaryl/α,β-unsaturated/α-hetero) is 2. The van der Waals surface area contributed by atoms with E-state index >= 15 is 4.39 Å². The van der Waals surface area contributed by atoms with E-state index in [9.17, 15) is 9.59 Å². The van der Waals surface area contributed by atoms with Crippen LogP contribution in [0.3, 0.4) is 0 Å². The number of nitrogens with zero attached hydrogens (tertiary/aromatic N) is 1. The van der Waals surface area contributed by atoms with Crippen LogP contribution in [0.25, 0.3) is 11.3 Å². The number of carbonyl (C=O) groups is 2. The fourth-order valence-electron chi connectivity index (χ4n) is 3.97. The van der Waals surface area contributed by atoms with Crippen LogP contribution in [0.5, 0.6) is 11.5 Å². The summed E-state index contributed by atoms with van der Waals surface area (Å²) >= 11 is 0. The lowest BCUT2D eigenvalue weighted by Crippen LogP contribution is -2.45. The molecule has 208 valence electrons. The summed E-state index contributed by atoms with van der Waals surface area (Å²) < 4.78 is 31.9. The van der Waals surface area contributed by atoms with Gasteiger partial charge in [0.05, 0.1) is 25.5 Å². The highest BCUT2D eigenvalue weighted by atomic mass is 28.4. The molecule has 3 rings (SSSR count). The Hall–Kier alpha value is -3.36. The van der Waals surface area contributed by atoms with Crippen LogP contribution >= 0.6 is 0 Å². The van der Waals surface area contributed by atoms with Crippen molar-refractivity contribution in [2.24, 2.45) is 0 Å². The topological polar surface area (TPSA) is 74.7 Å². The molecule has 0 amide bonds. The van der Waals surface area contributed by atoms with Crippen LogP contribution in [-0.2, 0) is 10.8 Å². The number of benzene rings is 2. The summed E-state index contributed by atoms with van der Waals surface area (Å²) in [6.07, 6.45) is -0.648. The number of pyridine rings is 1. The maximum absolute atomic E-state index is 15.2. The van der Waals surface area contributed by atoms with Crippen LogP contribution in [-0.4, -0.2) is 45.2 Å². The summed E-state index contributed by atoms with van der Waals surface area (Å²) in [6, 6.07) is 13.7. The van der Waals surface area contributed by atoms with E-state index in [0.717, 1.165) is 11.1 Å². The SMILES string of the molecule is COc1cc(OC)cc(C(=O)Cc2ccc(C)c(-c3ccc(C(=O)C(C)O[Si](C)(C)C(C)(C)C)c(F)n3)c2)c1. The maximum atomic E-state index is 15.2. The second-order valence-electron chi connectivity index (χ2n) is 11.3. The predicted molar refractivity (Wildman–Crippen MR) is 154 cm³/mol. The van der Waals surface area contributed by atoms with Gasteiger partial charge in [0.15, 0.2) is 19.9 Å². The highest BCUT2D eigenvalue weighted by Gasteiger charge is 2.40. The Labute approximate surface area is 231 Å². The number of ether oxygens (including phenoxy) is 2. The van der Waals surface area contributed by atoms with Crippen molar-refractivity contribution in [3.05, 3.63) is 76.7 Å². The zero-order chi connectivity index (χ0) is 29.1. The minimum absolute atomic E-state index is 0.0786. The van der Waals surface area contributed by atoms with E-state index in [2.05, 4.69) is 38.8 Å². The maximum Gasteiger partial charge on any atom is 0.224 e. The van der Waals surface area contributed by atoms with Crippen molar-refractivity contribution in [1.82, 2.24) is 4.98 Å². The summed E-state index contributed by atoms with van der Waals surface area (Å²) in [5, 5.41) is -0.0786. The Kier molecular flexibility index (Phi) is 9.13. The van der Waals surface area contributed by atoms with Crippen molar-refractivity contribution < 1.29 is 27.9 Å². The van der Waals surface area contributed by atoms with E-state index in [1.54, 1.807) is 31.2 Å². The molecule has 0 saturated heterocycles. The average Bonchev–Trinajstić information content (AvgIpc) is 2.87. The first kappa shape index (κ1) is 30.2. The van der Waals surface area contributed by atoms with Gasteiger partial charge in [-0.25, -0.2) is 4.98 Å². The highest BCUT2D eigenvalue weighted by Crippen LogP contribution is 2.37. The van der Waals surface area contributed by atoms with E-state index in [0.29, 0.717) is 28.3 Å². The fourth-order valence-corrected chi connectivity index (χ4v) is 5.31. The molecule has 0 spiro atoms. The third-order valence-electron chi connectivity index (χ3n) is 7.38. The molecule has 39 heavy (non-hydrogen) atoms. The van der Waals surface area contributed by atoms with Gasteiger partial charge in [-0.15, -0.1) is 0 Å². The first-order valence-electron chi connectivity index (χ1n) is 12.9. The summed E-state index contributed by atoms with van der Waals surface area (Å²) in [6.45, 7) is 13.9. The second kappa shape index (κ2) is 11.8. The third-order valence-corrected chi connectivity index (χ3v) is 11.9. The van der Waals surface area contributed by atoms with Gasteiger partial charge < -0.3 is 13.9 Å². The molecule has 3 aromatic rings. The number of hydrogen-bond acceptors (Lipinski definition) is 6. The van der Waals surface area contributed by atoms with Gasteiger partial charge in [-0.1, -0.05) is 32.9 Å². The number of hydrogen-bond donors (Lipinski definition) is 0. The summed E-state index contributed by atoms with van der Waals surface area (Å²) in [7, 11) is 0.848. The molecule has 1 atom stereocenters. The van der Waals surface area contributed by atoms with E-state index in [1.165, 1.54) is 20.3 Å². The van der Waals surface area contributed by atoms with Crippen LogP contribution in [0.15, 0.2) is 48.5 Å². The number of rotatable bonds is 10. The van der Waals surface area contributed by atoms with Crippen LogP contribution < -0.4 is 9.47 Å². The van der Waals surface area contributed by atoms with Gasteiger partial charge in [0.2, 0.25) is 5.95 Å². The molecule has 0 aliphatic carbocycles. The molecular formula is C31H38FNO5Si. The van der Waals surface area contributed by atoms with Crippen molar-refractivity contribution in [3.63, 3.8) is 0 Å². The number of ketones is 2. The van der Waals surface area contributed by atoms with Crippen LogP contribution in [0.2, 0.25) is 18.1 Å². The number of halogens is 1. The van der Waals surface area contributed by atoms with Gasteiger partial charge in [0, 0.05) is 23.6 Å². The summed E-state index contributed by atoms with van der Waals surface area (Å²) in [4.78, 5) is 30.2. The molecule has 0 aliphatic heterocycles. The van der Waals surface area contributed by atoms with E-state index in [1.807, 2.05) is 25.1 Å². The molecule has 0 bridgehead atoms. The molecule has 1 aromatic heterocycles. The monoisotopic (exact) mass is 551 g/mol. The molecule has 0 saturated carbocycles. The quantitative estimate of drug-likeness (QED) is 0.150. The number of aryl methyl sites for hydroxylation is 1. The zero-order valence-corrected chi connectivity index (χ0v) is 25.3. The lowest BCUT2D eigenvalue weighted by atomic mass is 9.96. The largest absolute Gasteiger partial charge is 0.497 e. The Morgan fingerprint density at radius 1 is 0.974 bits per heavy atom. The van der Waals surface area contributed by atoms with Crippen LogP contribution in [0, 0.1) is 12.9 Å². The van der Waals surface area contributed by atoms with E-state index < -0.39 is 26.2 Å². The number of methoxy groups -OCH3 is 2. The second-order valence-corrected chi connectivity index (χ2v) is 16.0. The minimum Gasteiger partial charge on any atom is -0.497 e. The van der Waals surface area contributed by atoms with Gasteiger partial charge in [-0.2, -0.15) is 4.39 Å². The van der Waals surface area contributed by atoms with Gasteiger partial charge in [-0.05, 0) is 73.4 Å². The molecule has 0 aliphatic rings. The molecule has 0 fully saturated rings. The number of carbonyl (C=O) groups excluding carboxylic acids is 2.